The van der Waals surface area contributed by atoms with Crippen LogP contribution in [0, 0.1) is 0 Å². The van der Waals surface area contributed by atoms with E-state index in [9.17, 15) is 14.7 Å². The molecule has 2 bridgehead atoms. The van der Waals surface area contributed by atoms with Crippen LogP contribution in [0.25, 0.3) is 16.8 Å². The zero-order valence-electron chi connectivity index (χ0n) is 19.8. The van der Waals surface area contributed by atoms with Gasteiger partial charge in [-0.3, -0.25) is 19.6 Å². The van der Waals surface area contributed by atoms with Gasteiger partial charge in [0.05, 0.1) is 24.0 Å². The average molecular weight is 487 g/mol. The van der Waals surface area contributed by atoms with Crippen molar-refractivity contribution in [2.45, 2.75) is 50.6 Å². The van der Waals surface area contributed by atoms with E-state index in [1.54, 1.807) is 18.6 Å². The molecule has 1 unspecified atom stereocenters. The molecule has 3 aromatic rings. The second kappa shape index (κ2) is 8.59. The van der Waals surface area contributed by atoms with Crippen molar-refractivity contribution in [1.29, 1.82) is 0 Å². The number of Topliss-reactive ketones (excluding diaryl/α,β-unsaturated/α-hetero) is 1. The number of carbonyl (C=O) groups excluding carboxylic acids is 2. The van der Waals surface area contributed by atoms with Crippen molar-refractivity contribution < 1.29 is 14.7 Å². The molecule has 3 N–H and O–H groups in total. The first-order valence-corrected chi connectivity index (χ1v) is 12.1. The first kappa shape index (κ1) is 22.5. The number of aliphatic hydroxyl groups excluding tert-OH is 1. The molecule has 36 heavy (non-hydrogen) atoms. The summed E-state index contributed by atoms with van der Waals surface area (Å²) in [6.07, 6.45) is 8.27. The Balaban J connectivity index is 1.41. The lowest BCUT2D eigenvalue weighted by Gasteiger charge is -2.39. The molecule has 11 nitrogen and oxygen atoms in total. The second-order valence-electron chi connectivity index (χ2n) is 9.53. The van der Waals surface area contributed by atoms with Crippen LogP contribution in [0.5, 0.6) is 0 Å². The minimum absolute atomic E-state index is 0.0229. The Kier molecular flexibility index (Phi) is 5.36. The highest BCUT2D eigenvalue weighted by atomic mass is 16.3. The number of anilines is 1. The molecule has 1 amide bonds. The Bertz CT molecular complexity index is 1430. The van der Waals surface area contributed by atoms with Gasteiger partial charge in [0.2, 0.25) is 5.91 Å². The number of hydrogen-bond donors (Lipinski definition) is 2. The van der Waals surface area contributed by atoms with E-state index in [0.29, 0.717) is 47.8 Å². The van der Waals surface area contributed by atoms with Crippen LogP contribution in [0.15, 0.2) is 34.5 Å². The van der Waals surface area contributed by atoms with Crippen LogP contribution in [0.4, 0.5) is 5.82 Å². The van der Waals surface area contributed by atoms with Gasteiger partial charge in [0.15, 0.2) is 17.3 Å². The summed E-state index contributed by atoms with van der Waals surface area (Å²) in [5.41, 5.74) is 10.4. The van der Waals surface area contributed by atoms with Gasteiger partial charge in [0.1, 0.15) is 18.1 Å². The van der Waals surface area contributed by atoms with Gasteiger partial charge in [-0.2, -0.15) is 9.61 Å². The highest BCUT2D eigenvalue weighted by Gasteiger charge is 2.44. The van der Waals surface area contributed by atoms with Crippen LogP contribution in [0.1, 0.15) is 60.3 Å². The summed E-state index contributed by atoms with van der Waals surface area (Å²) >= 11 is 0. The van der Waals surface area contributed by atoms with Gasteiger partial charge in [-0.05, 0) is 38.7 Å². The Hall–Kier alpha value is -3.99. The first-order chi connectivity index (χ1) is 17.5. The van der Waals surface area contributed by atoms with Crippen LogP contribution in [0.3, 0.4) is 0 Å². The van der Waals surface area contributed by atoms with Crippen LogP contribution in [-0.4, -0.2) is 78.6 Å². The highest BCUT2D eigenvalue weighted by Crippen LogP contribution is 2.44. The number of aliphatic hydroxyl groups is 1. The molecule has 0 saturated carbocycles. The van der Waals surface area contributed by atoms with Gasteiger partial charge in [0.25, 0.3) is 0 Å². The number of fused-ring (bicyclic) bond motifs is 3. The van der Waals surface area contributed by atoms with Crippen LogP contribution < -0.4 is 5.73 Å². The minimum Gasteiger partial charge on any atom is -0.387 e. The normalized spacial score (nSPS) is 22.9. The number of rotatable bonds is 5. The predicted molar refractivity (Wildman–Crippen MR) is 133 cm³/mol. The van der Waals surface area contributed by atoms with E-state index in [0.717, 1.165) is 24.0 Å². The maximum Gasteiger partial charge on any atom is 0.248 e. The van der Waals surface area contributed by atoms with Gasteiger partial charge in [-0.1, -0.05) is 6.07 Å². The molecule has 2 saturated heterocycles. The number of piperidine rings is 1. The zero-order chi connectivity index (χ0) is 25.0. The zero-order valence-corrected chi connectivity index (χ0v) is 19.8. The third-order valence-electron chi connectivity index (χ3n) is 7.45. The maximum absolute atomic E-state index is 12.7. The van der Waals surface area contributed by atoms with E-state index in [4.69, 9.17) is 10.7 Å². The fourth-order valence-corrected chi connectivity index (χ4v) is 5.91. The smallest absolute Gasteiger partial charge is 0.248 e. The molecule has 0 spiro atoms. The van der Waals surface area contributed by atoms with Crippen molar-refractivity contribution in [2.75, 3.05) is 18.9 Å². The lowest BCUT2D eigenvalue weighted by atomic mass is 9.85. The molecule has 0 aliphatic carbocycles. The van der Waals surface area contributed by atoms with E-state index >= 15 is 0 Å². The Morgan fingerprint density at radius 1 is 1.17 bits per heavy atom. The fourth-order valence-electron chi connectivity index (χ4n) is 5.91. The molecule has 6 rings (SSSR count). The molecule has 11 heteroatoms. The lowest BCUT2D eigenvalue weighted by molar-refractivity contribution is -0.138. The molecule has 3 aliphatic rings. The van der Waals surface area contributed by atoms with E-state index in [1.807, 2.05) is 17.0 Å². The summed E-state index contributed by atoms with van der Waals surface area (Å²) in [5, 5.41) is 13.8. The van der Waals surface area contributed by atoms with Crippen molar-refractivity contribution in [1.82, 2.24) is 24.5 Å². The van der Waals surface area contributed by atoms with E-state index in [2.05, 4.69) is 20.1 Å². The second-order valence-corrected chi connectivity index (χ2v) is 9.53. The molecular weight excluding hydrogens is 460 g/mol. The Morgan fingerprint density at radius 2 is 1.94 bits per heavy atom. The third kappa shape index (κ3) is 3.49. The molecule has 6 heterocycles. The Morgan fingerprint density at radius 3 is 2.56 bits per heavy atom. The van der Waals surface area contributed by atoms with Crippen LogP contribution in [0.2, 0.25) is 0 Å². The van der Waals surface area contributed by atoms with Crippen molar-refractivity contribution in [3.05, 3.63) is 41.5 Å². The number of carbonyl (C=O) groups is 2. The van der Waals surface area contributed by atoms with Gasteiger partial charge in [0, 0.05) is 41.5 Å². The first-order valence-electron chi connectivity index (χ1n) is 12.1. The number of amidine groups is 1. The number of aromatic nitrogens is 4. The number of nitrogen functional groups attached to an aromatic ring is 1. The van der Waals surface area contributed by atoms with Crippen molar-refractivity contribution in [3.63, 3.8) is 0 Å². The summed E-state index contributed by atoms with van der Waals surface area (Å²) in [4.78, 5) is 44.9. The average Bonchev–Trinajstić information content (AvgIpc) is 3.62. The molecule has 2 fully saturated rings. The monoisotopic (exact) mass is 486 g/mol. The van der Waals surface area contributed by atoms with Gasteiger partial charge in [-0.15, -0.1) is 0 Å². The largest absolute Gasteiger partial charge is 0.387 e. The van der Waals surface area contributed by atoms with Crippen molar-refractivity contribution >= 4 is 35.2 Å². The summed E-state index contributed by atoms with van der Waals surface area (Å²) in [6, 6.07) is 3.83. The maximum atomic E-state index is 12.7. The summed E-state index contributed by atoms with van der Waals surface area (Å²) in [6.45, 7) is 1.56. The third-order valence-corrected chi connectivity index (χ3v) is 7.45. The number of pyridine rings is 1. The summed E-state index contributed by atoms with van der Waals surface area (Å²) in [7, 11) is 0. The molecule has 3 aromatic heterocycles. The Labute approximate surface area is 206 Å². The van der Waals surface area contributed by atoms with Crippen LogP contribution >= 0.6 is 0 Å². The number of aliphatic imine (C=N–C) groups is 2. The summed E-state index contributed by atoms with van der Waals surface area (Å²) in [5.74, 6) is 0.433. The number of hydrogen-bond acceptors (Lipinski definition) is 9. The molecular formula is C25H26N8O3. The van der Waals surface area contributed by atoms with E-state index in [1.165, 1.54) is 11.4 Å². The van der Waals surface area contributed by atoms with Gasteiger partial charge in [-0.25, -0.2) is 9.98 Å². The SMILES string of the molecule is CC(=O)c1c(C2C[C@H]3CC[C@@H](C2)N3C(=O)CO)nc2c(-c3ccc(C4=NCC=N4)nc3)cnn2c1N. The minimum atomic E-state index is -0.487. The standard InChI is InChI=1S/C25H26N8O3/c1-13(35)21-22(15-8-16-3-4-17(9-15)32(16)20(36)12-34)31-25-18(11-30-33(25)23(21)26)14-2-5-19(29-10-14)24-27-6-7-28-24/h2,5-6,10-11,15-17,34H,3-4,7-9,12,26H2,1H3/t15?,16-,17+. The lowest BCUT2D eigenvalue weighted by Crippen LogP contribution is -2.47. The van der Waals surface area contributed by atoms with E-state index in [-0.39, 0.29) is 35.5 Å². The number of ketones is 1. The van der Waals surface area contributed by atoms with Crippen molar-refractivity contribution in [3.8, 4) is 11.1 Å². The van der Waals surface area contributed by atoms with E-state index < -0.39 is 6.61 Å². The molecule has 0 radical (unpaired) electrons. The number of nitrogens with two attached hydrogens (primary N) is 1. The number of amides is 1. The van der Waals surface area contributed by atoms with Crippen molar-refractivity contribution in [2.24, 2.45) is 9.98 Å². The highest BCUT2D eigenvalue weighted by molar-refractivity contribution is 6.05. The number of nitrogens with zero attached hydrogens (tertiary/aromatic N) is 7. The van der Waals surface area contributed by atoms with Gasteiger partial charge < -0.3 is 15.7 Å². The molecule has 3 atom stereocenters. The predicted octanol–water partition coefficient (Wildman–Crippen LogP) is 1.64. The molecule has 184 valence electrons. The van der Waals surface area contributed by atoms with Gasteiger partial charge >= 0.3 is 0 Å². The van der Waals surface area contributed by atoms with Crippen LogP contribution in [-0.2, 0) is 4.79 Å². The topological polar surface area (TPSA) is 151 Å². The quantitative estimate of drug-likeness (QED) is 0.520. The fraction of sp³-hybridized carbons (Fsp3) is 0.400. The summed E-state index contributed by atoms with van der Waals surface area (Å²) < 4.78 is 1.51. The molecule has 3 aliphatic heterocycles. The molecule has 0 aromatic carbocycles.